The van der Waals surface area contributed by atoms with Crippen molar-refractivity contribution in [2.45, 2.75) is 19.8 Å². The Morgan fingerprint density at radius 1 is 1.54 bits per heavy atom. The Kier molecular flexibility index (Phi) is 2.95. The molecule has 70 valence electrons. The molecule has 1 atom stereocenters. The summed E-state index contributed by atoms with van der Waals surface area (Å²) in [5.41, 5.74) is 0. The van der Waals surface area contributed by atoms with E-state index in [1.807, 2.05) is 6.92 Å². The van der Waals surface area contributed by atoms with E-state index >= 15 is 0 Å². The molecule has 0 fully saturated rings. The van der Waals surface area contributed by atoms with Crippen molar-refractivity contribution < 1.29 is 19.1 Å². The second-order valence-electron chi connectivity index (χ2n) is 2.79. The van der Waals surface area contributed by atoms with E-state index in [2.05, 4.69) is 4.74 Å². The third-order valence-corrected chi connectivity index (χ3v) is 1.76. The van der Waals surface area contributed by atoms with Crippen molar-refractivity contribution >= 4 is 17.5 Å². The molecule has 4 nitrogen and oxygen atoms in total. The van der Waals surface area contributed by atoms with E-state index in [1.54, 1.807) is 0 Å². The molecule has 1 heterocycles. The molecule has 0 saturated heterocycles. The number of hydrogen-bond acceptors (Lipinski definition) is 4. The van der Waals surface area contributed by atoms with Gasteiger partial charge in [-0.15, -0.1) is 0 Å². The molecule has 0 saturated carbocycles. The number of Topliss-reactive ketones (excluding diaryl/α,β-unsaturated/α-hetero) is 1. The molecule has 0 aromatic carbocycles. The lowest BCUT2D eigenvalue weighted by molar-refractivity contribution is -0.151. The number of cyclic esters (lactones) is 1. The lowest BCUT2D eigenvalue weighted by Crippen LogP contribution is -2.33. The quantitative estimate of drug-likeness (QED) is 0.474. The van der Waals surface area contributed by atoms with Crippen molar-refractivity contribution in [3.63, 3.8) is 0 Å². The van der Waals surface area contributed by atoms with Crippen LogP contribution in [0.4, 0.5) is 0 Å². The van der Waals surface area contributed by atoms with Crippen molar-refractivity contribution in [3.05, 3.63) is 12.3 Å². The van der Waals surface area contributed by atoms with Crippen LogP contribution < -0.4 is 0 Å². The highest BCUT2D eigenvalue weighted by molar-refractivity contribution is 6.21. The Morgan fingerprint density at radius 3 is 2.77 bits per heavy atom. The first-order valence-electron chi connectivity index (χ1n) is 4.10. The zero-order valence-electron chi connectivity index (χ0n) is 7.28. The number of hydrogen-bond donors (Lipinski definition) is 0. The van der Waals surface area contributed by atoms with E-state index < -0.39 is 17.7 Å². The van der Waals surface area contributed by atoms with E-state index in [-0.39, 0.29) is 12.2 Å². The lowest BCUT2D eigenvalue weighted by atomic mass is 9.95. The number of esters is 1. The molecule has 4 heteroatoms. The van der Waals surface area contributed by atoms with Crippen LogP contribution in [0.1, 0.15) is 19.8 Å². The van der Waals surface area contributed by atoms with Crippen LogP contribution in [0, 0.1) is 5.92 Å². The Bertz CT molecular complexity index is 277. The molecule has 1 rings (SSSR count). The number of ether oxygens (including phenoxy) is 1. The number of rotatable bonds is 3. The molecule has 0 aromatic rings. The van der Waals surface area contributed by atoms with Gasteiger partial charge < -0.3 is 4.74 Å². The smallest absolute Gasteiger partial charge is 0.329 e. The fraction of sp³-hybridized carbons (Fsp3) is 0.444. The summed E-state index contributed by atoms with van der Waals surface area (Å²) in [5, 5.41) is 0. The minimum Gasteiger partial charge on any atom is -0.433 e. The highest BCUT2D eigenvalue weighted by atomic mass is 16.5. The molecule has 0 aliphatic carbocycles. The van der Waals surface area contributed by atoms with Gasteiger partial charge in [-0.2, -0.15) is 0 Å². The Hall–Kier alpha value is -1.45. The van der Waals surface area contributed by atoms with Crippen molar-refractivity contribution in [1.29, 1.82) is 0 Å². The van der Waals surface area contributed by atoms with Crippen LogP contribution in [0.25, 0.3) is 0 Å². The van der Waals surface area contributed by atoms with Crippen molar-refractivity contribution in [2.24, 2.45) is 5.92 Å². The fourth-order valence-corrected chi connectivity index (χ4v) is 1.13. The van der Waals surface area contributed by atoms with E-state index in [4.69, 9.17) is 0 Å². The van der Waals surface area contributed by atoms with Crippen LogP contribution in [0.5, 0.6) is 0 Å². The lowest BCUT2D eigenvalue weighted by Gasteiger charge is -2.13. The van der Waals surface area contributed by atoms with Gasteiger partial charge in [-0.05, 0) is 6.42 Å². The molecular formula is C9H10O4. The predicted octanol–water partition coefficient (Wildman–Crippen LogP) is 0.611. The summed E-state index contributed by atoms with van der Waals surface area (Å²) in [4.78, 5) is 33.4. The molecule has 1 aliphatic rings. The first kappa shape index (κ1) is 9.64. The highest BCUT2D eigenvalue weighted by Crippen LogP contribution is 2.12. The van der Waals surface area contributed by atoms with Crippen molar-refractivity contribution in [3.8, 4) is 0 Å². The minimum atomic E-state index is -1.22. The highest BCUT2D eigenvalue weighted by Gasteiger charge is 2.34. The van der Waals surface area contributed by atoms with Crippen LogP contribution in [-0.4, -0.2) is 17.5 Å². The number of carbonyl (C=O) groups is 3. The molecule has 0 spiro atoms. The Balaban J connectivity index is 2.77. The predicted molar refractivity (Wildman–Crippen MR) is 43.6 cm³/mol. The van der Waals surface area contributed by atoms with Gasteiger partial charge in [-0.25, -0.2) is 0 Å². The molecule has 13 heavy (non-hydrogen) atoms. The Labute approximate surface area is 75.6 Å². The summed E-state index contributed by atoms with van der Waals surface area (Å²) >= 11 is 0. The maximum atomic E-state index is 11.3. The zero-order chi connectivity index (χ0) is 9.84. The summed E-state index contributed by atoms with van der Waals surface area (Å²) < 4.78 is 4.47. The molecule has 1 aliphatic heterocycles. The van der Waals surface area contributed by atoms with Crippen molar-refractivity contribution in [1.82, 2.24) is 0 Å². The average molecular weight is 182 g/mol. The van der Waals surface area contributed by atoms with Gasteiger partial charge in [0.05, 0.1) is 6.26 Å². The van der Waals surface area contributed by atoms with E-state index in [9.17, 15) is 14.4 Å². The van der Waals surface area contributed by atoms with Gasteiger partial charge in [-0.3, -0.25) is 14.4 Å². The van der Waals surface area contributed by atoms with Gasteiger partial charge in [0.1, 0.15) is 0 Å². The molecular weight excluding hydrogens is 172 g/mol. The van der Waals surface area contributed by atoms with Crippen LogP contribution >= 0.6 is 0 Å². The third kappa shape index (κ3) is 2.02. The normalized spacial score (nSPS) is 21.5. The second kappa shape index (κ2) is 3.98. The van der Waals surface area contributed by atoms with Gasteiger partial charge in [0.2, 0.25) is 0 Å². The number of carbonyl (C=O) groups excluding carboxylic acids is 3. The molecule has 0 amide bonds. The van der Waals surface area contributed by atoms with Crippen LogP contribution in [0.15, 0.2) is 12.3 Å². The largest absolute Gasteiger partial charge is 0.433 e. The van der Waals surface area contributed by atoms with E-state index in [0.717, 1.165) is 12.3 Å². The van der Waals surface area contributed by atoms with E-state index in [0.29, 0.717) is 6.42 Å². The average Bonchev–Trinajstić information content (AvgIpc) is 2.04. The monoisotopic (exact) mass is 182 g/mol. The number of allylic oxidation sites excluding steroid dienone is 1. The summed E-state index contributed by atoms with van der Waals surface area (Å²) in [5.74, 6) is -2.81. The SMILES string of the molecule is CCCC(=O)[C@H]1C(=O)C=COC1=O. The van der Waals surface area contributed by atoms with Gasteiger partial charge >= 0.3 is 5.97 Å². The summed E-state index contributed by atoms with van der Waals surface area (Å²) in [6.07, 6.45) is 2.99. The number of ketones is 2. The van der Waals surface area contributed by atoms with Crippen LogP contribution in [-0.2, 0) is 19.1 Å². The summed E-state index contributed by atoms with van der Waals surface area (Å²) in [6, 6.07) is 0. The first-order chi connectivity index (χ1) is 6.16. The molecule has 0 radical (unpaired) electrons. The van der Waals surface area contributed by atoms with E-state index in [1.165, 1.54) is 0 Å². The maximum Gasteiger partial charge on any atom is 0.329 e. The standard InChI is InChI=1S/C9H10O4/c1-2-3-6(10)8-7(11)4-5-13-9(8)12/h4-5,8H,2-3H2,1H3/t8-/m0/s1. The molecule has 0 unspecified atom stereocenters. The second-order valence-corrected chi connectivity index (χ2v) is 2.79. The van der Waals surface area contributed by atoms with Crippen LogP contribution in [0.3, 0.4) is 0 Å². The van der Waals surface area contributed by atoms with Gasteiger partial charge in [0.15, 0.2) is 17.5 Å². The van der Waals surface area contributed by atoms with Crippen LogP contribution in [0.2, 0.25) is 0 Å². The molecule has 0 bridgehead atoms. The molecule has 0 N–H and O–H groups in total. The zero-order valence-corrected chi connectivity index (χ0v) is 7.28. The fourth-order valence-electron chi connectivity index (χ4n) is 1.13. The summed E-state index contributed by atoms with van der Waals surface area (Å²) in [6.45, 7) is 1.81. The maximum absolute atomic E-state index is 11.3. The molecule has 0 aromatic heterocycles. The van der Waals surface area contributed by atoms with Gasteiger partial charge in [-0.1, -0.05) is 6.92 Å². The minimum absolute atomic E-state index is 0.235. The van der Waals surface area contributed by atoms with Crippen molar-refractivity contribution in [2.75, 3.05) is 0 Å². The Morgan fingerprint density at radius 2 is 2.23 bits per heavy atom. The van der Waals surface area contributed by atoms with Gasteiger partial charge in [0, 0.05) is 12.5 Å². The van der Waals surface area contributed by atoms with Gasteiger partial charge in [0.25, 0.3) is 0 Å². The first-order valence-corrected chi connectivity index (χ1v) is 4.10. The topological polar surface area (TPSA) is 60.4 Å². The summed E-state index contributed by atoms with van der Waals surface area (Å²) in [7, 11) is 0. The third-order valence-electron chi connectivity index (χ3n) is 1.76.